The lowest BCUT2D eigenvalue weighted by atomic mass is 9.97. The second kappa shape index (κ2) is 7.09. The van der Waals surface area contributed by atoms with E-state index in [0.717, 1.165) is 39.1 Å². The van der Waals surface area contributed by atoms with Gasteiger partial charge in [-0.1, -0.05) is 18.1 Å². The van der Waals surface area contributed by atoms with E-state index in [-0.39, 0.29) is 11.6 Å². The minimum absolute atomic E-state index is 0.121. The molecule has 0 aliphatic rings. The standard InChI is InChI=1S/C23H21N5O3/c1-11(16-7-5-6-8-24-16)20-22-21(26-23(29)27-22)14-10-18(30-4)15(9-17(14)25-20)19-12(2)28-31-13(19)3/h5-11H,1-4H3,(H2,26,27,29)/t11-/m0/s1. The molecular formula is C23H21N5O3. The van der Waals surface area contributed by atoms with Crippen molar-refractivity contribution in [2.75, 3.05) is 7.11 Å². The van der Waals surface area contributed by atoms with Crippen molar-refractivity contribution in [3.8, 4) is 16.9 Å². The molecule has 0 radical (unpaired) electrons. The van der Waals surface area contributed by atoms with E-state index in [1.807, 2.05) is 51.1 Å². The van der Waals surface area contributed by atoms with Crippen molar-refractivity contribution in [3.63, 3.8) is 0 Å². The number of hydrogen-bond donors (Lipinski definition) is 2. The Morgan fingerprint density at radius 1 is 1.13 bits per heavy atom. The Bertz CT molecular complexity index is 1460. The first-order valence-electron chi connectivity index (χ1n) is 9.95. The summed E-state index contributed by atoms with van der Waals surface area (Å²) in [6.07, 6.45) is 1.75. The molecule has 0 aliphatic carbocycles. The predicted molar refractivity (Wildman–Crippen MR) is 117 cm³/mol. The second-order valence-corrected chi connectivity index (χ2v) is 7.57. The van der Waals surface area contributed by atoms with Gasteiger partial charge in [-0.25, -0.2) is 9.78 Å². The van der Waals surface area contributed by atoms with E-state index in [0.29, 0.717) is 22.5 Å². The van der Waals surface area contributed by atoms with Crippen LogP contribution in [0.5, 0.6) is 5.75 Å². The maximum atomic E-state index is 12.2. The van der Waals surface area contributed by atoms with Gasteiger partial charge in [0, 0.05) is 28.8 Å². The molecule has 0 fully saturated rings. The summed E-state index contributed by atoms with van der Waals surface area (Å²) in [5.41, 5.74) is 5.91. The zero-order valence-electron chi connectivity index (χ0n) is 17.6. The van der Waals surface area contributed by atoms with Crippen molar-refractivity contribution in [2.45, 2.75) is 26.7 Å². The van der Waals surface area contributed by atoms with Crippen LogP contribution in [0.25, 0.3) is 33.1 Å². The van der Waals surface area contributed by atoms with Crippen LogP contribution in [-0.2, 0) is 0 Å². The van der Waals surface area contributed by atoms with E-state index in [9.17, 15) is 4.79 Å². The summed E-state index contributed by atoms with van der Waals surface area (Å²) in [6, 6.07) is 9.62. The van der Waals surface area contributed by atoms with Crippen LogP contribution in [0, 0.1) is 13.8 Å². The van der Waals surface area contributed by atoms with Gasteiger partial charge < -0.3 is 19.2 Å². The third-order valence-corrected chi connectivity index (χ3v) is 5.66. The largest absolute Gasteiger partial charge is 0.496 e. The Morgan fingerprint density at radius 3 is 2.61 bits per heavy atom. The van der Waals surface area contributed by atoms with Crippen molar-refractivity contribution >= 4 is 21.9 Å². The first-order valence-corrected chi connectivity index (χ1v) is 9.95. The Kier molecular flexibility index (Phi) is 4.35. The lowest BCUT2D eigenvalue weighted by Gasteiger charge is -2.15. The lowest BCUT2D eigenvalue weighted by Crippen LogP contribution is -2.04. The summed E-state index contributed by atoms with van der Waals surface area (Å²) in [6.45, 7) is 5.79. The number of ether oxygens (including phenoxy) is 1. The molecule has 1 aromatic carbocycles. The molecule has 4 heterocycles. The number of nitrogens with one attached hydrogen (secondary N) is 2. The highest BCUT2D eigenvalue weighted by Gasteiger charge is 2.22. The van der Waals surface area contributed by atoms with Gasteiger partial charge in [0.05, 0.1) is 40.6 Å². The Morgan fingerprint density at radius 2 is 1.94 bits per heavy atom. The zero-order valence-corrected chi connectivity index (χ0v) is 17.6. The molecule has 8 heteroatoms. The van der Waals surface area contributed by atoms with Crippen molar-refractivity contribution in [3.05, 3.63) is 69.9 Å². The van der Waals surface area contributed by atoms with Gasteiger partial charge in [0.1, 0.15) is 11.5 Å². The number of benzene rings is 1. The summed E-state index contributed by atoms with van der Waals surface area (Å²) in [7, 11) is 1.62. The van der Waals surface area contributed by atoms with Gasteiger partial charge >= 0.3 is 5.69 Å². The van der Waals surface area contributed by atoms with E-state index >= 15 is 0 Å². The van der Waals surface area contributed by atoms with E-state index in [1.165, 1.54) is 0 Å². The van der Waals surface area contributed by atoms with Gasteiger partial charge in [-0.2, -0.15) is 0 Å². The summed E-state index contributed by atoms with van der Waals surface area (Å²) < 4.78 is 11.0. The van der Waals surface area contributed by atoms with Crippen LogP contribution in [0.2, 0.25) is 0 Å². The zero-order chi connectivity index (χ0) is 21.7. The molecule has 0 aliphatic heterocycles. The normalized spacial score (nSPS) is 12.5. The van der Waals surface area contributed by atoms with Gasteiger partial charge in [-0.3, -0.25) is 4.98 Å². The topological polar surface area (TPSA) is 110 Å². The average Bonchev–Trinajstić information content (AvgIpc) is 3.33. The highest BCUT2D eigenvalue weighted by molar-refractivity contribution is 6.05. The van der Waals surface area contributed by atoms with Crippen LogP contribution in [0.3, 0.4) is 0 Å². The number of nitrogens with zero attached hydrogens (tertiary/aromatic N) is 3. The molecule has 0 saturated heterocycles. The molecule has 0 bridgehead atoms. The van der Waals surface area contributed by atoms with Crippen LogP contribution in [0.15, 0.2) is 45.8 Å². The van der Waals surface area contributed by atoms with Crippen LogP contribution in [-0.4, -0.2) is 32.2 Å². The molecule has 0 unspecified atom stereocenters. The first kappa shape index (κ1) is 19.0. The predicted octanol–water partition coefficient (Wildman–Crippen LogP) is 4.23. The number of pyridine rings is 2. The quantitative estimate of drug-likeness (QED) is 0.454. The summed E-state index contributed by atoms with van der Waals surface area (Å²) in [5.74, 6) is 1.23. The number of H-pyrrole nitrogens is 2. The monoisotopic (exact) mass is 415 g/mol. The number of fused-ring (bicyclic) bond motifs is 3. The number of imidazole rings is 1. The minimum atomic E-state index is -0.285. The summed E-state index contributed by atoms with van der Waals surface area (Å²) in [5, 5.41) is 4.86. The first-order chi connectivity index (χ1) is 15.0. The van der Waals surface area contributed by atoms with Gasteiger partial charge in [0.15, 0.2) is 0 Å². The molecule has 5 rings (SSSR count). The highest BCUT2D eigenvalue weighted by Crippen LogP contribution is 2.39. The highest BCUT2D eigenvalue weighted by atomic mass is 16.5. The molecule has 1 atom stereocenters. The minimum Gasteiger partial charge on any atom is -0.496 e. The van der Waals surface area contributed by atoms with Crippen LogP contribution in [0.1, 0.15) is 35.7 Å². The van der Waals surface area contributed by atoms with Crippen molar-refractivity contribution in [1.82, 2.24) is 25.1 Å². The van der Waals surface area contributed by atoms with Crippen LogP contribution >= 0.6 is 0 Å². The fourth-order valence-corrected chi connectivity index (χ4v) is 4.14. The SMILES string of the molecule is COc1cc2c(cc1-c1c(C)noc1C)nc([C@@H](C)c1ccccn1)c1[nH]c(=O)[nH]c12. The van der Waals surface area contributed by atoms with Crippen molar-refractivity contribution < 1.29 is 9.26 Å². The second-order valence-electron chi connectivity index (χ2n) is 7.57. The number of rotatable bonds is 4. The molecule has 0 spiro atoms. The van der Waals surface area contributed by atoms with Gasteiger partial charge in [-0.15, -0.1) is 0 Å². The number of aromatic amines is 2. The fourth-order valence-electron chi connectivity index (χ4n) is 4.14. The third kappa shape index (κ3) is 2.99. The molecule has 5 aromatic rings. The van der Waals surface area contributed by atoms with Crippen molar-refractivity contribution in [1.29, 1.82) is 0 Å². The smallest absolute Gasteiger partial charge is 0.323 e. The Labute approximate surface area is 177 Å². The van der Waals surface area contributed by atoms with Gasteiger partial charge in [0.2, 0.25) is 0 Å². The maximum Gasteiger partial charge on any atom is 0.323 e. The van der Waals surface area contributed by atoms with Crippen LogP contribution < -0.4 is 10.4 Å². The molecule has 2 N–H and O–H groups in total. The number of methoxy groups -OCH3 is 1. The molecule has 0 amide bonds. The fraction of sp³-hybridized carbons (Fsp3) is 0.217. The lowest BCUT2D eigenvalue weighted by molar-refractivity contribution is 0.393. The van der Waals surface area contributed by atoms with E-state index in [2.05, 4.69) is 20.1 Å². The molecule has 0 saturated carbocycles. The van der Waals surface area contributed by atoms with E-state index < -0.39 is 0 Å². The van der Waals surface area contributed by atoms with E-state index in [1.54, 1.807) is 13.3 Å². The number of hydrogen-bond acceptors (Lipinski definition) is 6. The number of aromatic nitrogens is 5. The van der Waals surface area contributed by atoms with E-state index in [4.69, 9.17) is 14.2 Å². The van der Waals surface area contributed by atoms with Gasteiger partial charge in [0.25, 0.3) is 0 Å². The molecule has 4 aromatic heterocycles. The Hall–Kier alpha value is -3.94. The van der Waals surface area contributed by atoms with Gasteiger partial charge in [-0.05, 0) is 38.1 Å². The maximum absolute atomic E-state index is 12.2. The molecule has 156 valence electrons. The number of aryl methyl sites for hydroxylation is 2. The summed E-state index contributed by atoms with van der Waals surface area (Å²) in [4.78, 5) is 27.5. The van der Waals surface area contributed by atoms with Crippen LogP contribution in [0.4, 0.5) is 0 Å². The van der Waals surface area contributed by atoms with Crippen molar-refractivity contribution in [2.24, 2.45) is 0 Å². The Balaban J connectivity index is 1.84. The molecule has 8 nitrogen and oxygen atoms in total. The molecular weight excluding hydrogens is 394 g/mol. The summed E-state index contributed by atoms with van der Waals surface area (Å²) >= 11 is 0. The average molecular weight is 415 g/mol. The third-order valence-electron chi connectivity index (χ3n) is 5.66. The molecule has 31 heavy (non-hydrogen) atoms.